The summed E-state index contributed by atoms with van der Waals surface area (Å²) in [6, 6.07) is 14.8. The lowest BCUT2D eigenvalue weighted by atomic mass is 10.0. The third-order valence-electron chi connectivity index (χ3n) is 3.81. The molecule has 24 heavy (non-hydrogen) atoms. The van der Waals surface area contributed by atoms with E-state index in [0.717, 1.165) is 10.6 Å². The average molecular weight is 325 g/mol. The van der Waals surface area contributed by atoms with Gasteiger partial charge in [0.25, 0.3) is 11.6 Å². The maximum Gasteiger partial charge on any atom is 0.283 e. The molecule has 0 saturated carbocycles. The van der Waals surface area contributed by atoms with Gasteiger partial charge in [0.15, 0.2) is 5.72 Å². The van der Waals surface area contributed by atoms with Crippen LogP contribution in [0.25, 0.3) is 0 Å². The molecule has 122 valence electrons. The number of carbonyl (C=O) groups is 1. The number of aliphatic hydroxyl groups is 1. The SMILES string of the molecule is CC1(O)CC(c2ccccc2)=NN1C(=O)c1ccccc1[N+](=O)[O-]. The largest absolute Gasteiger partial charge is 0.369 e. The third kappa shape index (κ3) is 2.77. The lowest BCUT2D eigenvalue weighted by Gasteiger charge is -2.26. The molecule has 2 aromatic carbocycles. The van der Waals surface area contributed by atoms with Gasteiger partial charge in [-0.15, -0.1) is 0 Å². The molecule has 0 spiro atoms. The van der Waals surface area contributed by atoms with E-state index in [2.05, 4.69) is 5.10 Å². The van der Waals surface area contributed by atoms with Crippen LogP contribution in [0.3, 0.4) is 0 Å². The fourth-order valence-corrected chi connectivity index (χ4v) is 2.64. The fourth-order valence-electron chi connectivity index (χ4n) is 2.64. The van der Waals surface area contributed by atoms with Gasteiger partial charge in [-0.3, -0.25) is 14.9 Å². The summed E-state index contributed by atoms with van der Waals surface area (Å²) in [5, 5.41) is 26.8. The molecule has 7 nitrogen and oxygen atoms in total. The van der Waals surface area contributed by atoms with Crippen LogP contribution in [0.2, 0.25) is 0 Å². The Balaban J connectivity index is 2.00. The Labute approximate surface area is 138 Å². The lowest BCUT2D eigenvalue weighted by Crippen LogP contribution is -2.43. The number of hydrogen-bond donors (Lipinski definition) is 1. The van der Waals surface area contributed by atoms with Crippen molar-refractivity contribution in [2.75, 3.05) is 0 Å². The predicted molar refractivity (Wildman–Crippen MR) is 87.5 cm³/mol. The summed E-state index contributed by atoms with van der Waals surface area (Å²) in [5.74, 6) is -0.710. The molecule has 2 aromatic rings. The van der Waals surface area contributed by atoms with Gasteiger partial charge in [-0.1, -0.05) is 42.5 Å². The normalized spacial score (nSPS) is 19.9. The van der Waals surface area contributed by atoms with Gasteiger partial charge in [0.1, 0.15) is 5.56 Å². The molecular formula is C17H15N3O4. The Kier molecular flexibility index (Phi) is 3.86. The molecule has 0 aromatic heterocycles. The number of rotatable bonds is 3. The molecule has 1 unspecified atom stereocenters. The molecule has 1 amide bonds. The highest BCUT2D eigenvalue weighted by molar-refractivity contribution is 6.06. The van der Waals surface area contributed by atoms with Crippen molar-refractivity contribution in [3.8, 4) is 0 Å². The Bertz CT molecular complexity index is 831. The van der Waals surface area contributed by atoms with E-state index in [1.54, 1.807) is 0 Å². The number of amides is 1. The number of nitro benzene ring substituents is 1. The maximum atomic E-state index is 12.7. The van der Waals surface area contributed by atoms with Gasteiger partial charge in [0.2, 0.25) is 0 Å². The van der Waals surface area contributed by atoms with Gasteiger partial charge in [0, 0.05) is 12.5 Å². The fraction of sp³-hybridized carbons (Fsp3) is 0.176. The second-order valence-corrected chi connectivity index (χ2v) is 5.70. The molecule has 1 heterocycles. The number of hydrazone groups is 1. The molecule has 0 saturated heterocycles. The molecule has 1 atom stereocenters. The van der Waals surface area contributed by atoms with Gasteiger partial charge in [-0.2, -0.15) is 10.1 Å². The standard InChI is InChI=1S/C17H15N3O4/c1-17(22)11-14(12-7-3-2-4-8-12)18-19(17)16(21)13-9-5-6-10-15(13)20(23)24/h2-10,22H,11H2,1H3. The number of hydrogen-bond acceptors (Lipinski definition) is 5. The first-order chi connectivity index (χ1) is 11.4. The third-order valence-corrected chi connectivity index (χ3v) is 3.81. The molecule has 1 aliphatic heterocycles. The highest BCUT2D eigenvalue weighted by Crippen LogP contribution is 2.31. The zero-order chi connectivity index (χ0) is 17.3. The maximum absolute atomic E-state index is 12.7. The zero-order valence-electron chi connectivity index (χ0n) is 12.9. The summed E-state index contributed by atoms with van der Waals surface area (Å²) in [6.45, 7) is 1.46. The van der Waals surface area contributed by atoms with Crippen molar-refractivity contribution in [2.45, 2.75) is 19.1 Å². The summed E-state index contributed by atoms with van der Waals surface area (Å²) < 4.78 is 0. The second-order valence-electron chi connectivity index (χ2n) is 5.70. The van der Waals surface area contributed by atoms with Crippen LogP contribution < -0.4 is 0 Å². The van der Waals surface area contributed by atoms with Crippen LogP contribution in [0, 0.1) is 10.1 Å². The van der Waals surface area contributed by atoms with Crippen molar-refractivity contribution in [1.29, 1.82) is 0 Å². The second kappa shape index (κ2) is 5.86. The Morgan fingerprint density at radius 3 is 2.50 bits per heavy atom. The highest BCUT2D eigenvalue weighted by Gasteiger charge is 2.42. The van der Waals surface area contributed by atoms with Gasteiger partial charge in [-0.05, 0) is 18.6 Å². The van der Waals surface area contributed by atoms with E-state index in [4.69, 9.17) is 0 Å². The van der Waals surface area contributed by atoms with E-state index in [1.165, 1.54) is 31.2 Å². The summed E-state index contributed by atoms with van der Waals surface area (Å²) >= 11 is 0. The number of nitrogens with zero attached hydrogens (tertiary/aromatic N) is 3. The Morgan fingerprint density at radius 1 is 1.21 bits per heavy atom. The number of benzene rings is 2. The lowest BCUT2D eigenvalue weighted by molar-refractivity contribution is -0.385. The van der Waals surface area contributed by atoms with Crippen LogP contribution in [0.4, 0.5) is 5.69 Å². The van der Waals surface area contributed by atoms with E-state index in [-0.39, 0.29) is 17.7 Å². The summed E-state index contributed by atoms with van der Waals surface area (Å²) in [4.78, 5) is 23.2. The highest BCUT2D eigenvalue weighted by atomic mass is 16.6. The Morgan fingerprint density at radius 2 is 1.83 bits per heavy atom. The minimum absolute atomic E-state index is 0.110. The number of carbonyl (C=O) groups excluding carboxylic acids is 1. The molecule has 1 N–H and O–H groups in total. The van der Waals surface area contributed by atoms with Crippen LogP contribution in [0.1, 0.15) is 29.3 Å². The van der Waals surface area contributed by atoms with E-state index >= 15 is 0 Å². The minimum Gasteiger partial charge on any atom is -0.369 e. The molecule has 0 aliphatic carbocycles. The topological polar surface area (TPSA) is 96.0 Å². The van der Waals surface area contributed by atoms with Gasteiger partial charge in [-0.25, -0.2) is 0 Å². The predicted octanol–water partition coefficient (Wildman–Crippen LogP) is 2.55. The molecule has 7 heteroatoms. The van der Waals surface area contributed by atoms with Gasteiger partial charge < -0.3 is 5.11 Å². The molecule has 0 fully saturated rings. The smallest absolute Gasteiger partial charge is 0.283 e. The molecule has 3 rings (SSSR count). The van der Waals surface area contributed by atoms with Crippen LogP contribution in [0.15, 0.2) is 59.7 Å². The summed E-state index contributed by atoms with van der Waals surface area (Å²) in [6.07, 6.45) is 0.142. The van der Waals surface area contributed by atoms with Gasteiger partial charge >= 0.3 is 0 Å². The van der Waals surface area contributed by atoms with Crippen molar-refractivity contribution in [1.82, 2.24) is 5.01 Å². The van der Waals surface area contributed by atoms with Crippen molar-refractivity contribution in [3.63, 3.8) is 0 Å². The van der Waals surface area contributed by atoms with Crippen molar-refractivity contribution in [2.24, 2.45) is 5.10 Å². The van der Waals surface area contributed by atoms with Crippen LogP contribution >= 0.6 is 0 Å². The van der Waals surface area contributed by atoms with E-state index in [1.807, 2.05) is 30.3 Å². The van der Waals surface area contributed by atoms with Crippen LogP contribution in [-0.4, -0.2) is 32.4 Å². The molecular weight excluding hydrogens is 310 g/mol. The monoisotopic (exact) mass is 325 g/mol. The van der Waals surface area contributed by atoms with Crippen molar-refractivity contribution in [3.05, 3.63) is 75.8 Å². The first-order valence-electron chi connectivity index (χ1n) is 7.33. The van der Waals surface area contributed by atoms with Crippen molar-refractivity contribution < 1.29 is 14.8 Å². The molecule has 0 radical (unpaired) electrons. The number of nitro groups is 1. The van der Waals surface area contributed by atoms with Gasteiger partial charge in [0.05, 0.1) is 10.6 Å². The Hall–Kier alpha value is -3.06. The quantitative estimate of drug-likeness (QED) is 0.693. The van der Waals surface area contributed by atoms with Crippen LogP contribution in [0.5, 0.6) is 0 Å². The molecule has 0 bridgehead atoms. The average Bonchev–Trinajstić information content (AvgIpc) is 2.90. The summed E-state index contributed by atoms with van der Waals surface area (Å²) in [7, 11) is 0. The summed E-state index contributed by atoms with van der Waals surface area (Å²) in [5.41, 5.74) is -0.642. The van der Waals surface area contributed by atoms with Crippen molar-refractivity contribution >= 4 is 17.3 Å². The molecule has 1 aliphatic rings. The van der Waals surface area contributed by atoms with E-state index in [0.29, 0.717) is 5.71 Å². The van der Waals surface area contributed by atoms with Crippen LogP contribution in [-0.2, 0) is 0 Å². The number of para-hydroxylation sites is 1. The minimum atomic E-state index is -1.55. The zero-order valence-corrected chi connectivity index (χ0v) is 12.9. The first-order valence-corrected chi connectivity index (χ1v) is 7.33. The van der Waals surface area contributed by atoms with E-state index in [9.17, 15) is 20.0 Å². The first kappa shape index (κ1) is 15.8. The van der Waals surface area contributed by atoms with E-state index < -0.39 is 16.6 Å².